The van der Waals surface area contributed by atoms with Gasteiger partial charge in [0.15, 0.2) is 0 Å². The molecular formula is C22H24N4O. The van der Waals surface area contributed by atoms with Crippen molar-refractivity contribution in [1.82, 2.24) is 9.97 Å². The lowest BCUT2D eigenvalue weighted by Gasteiger charge is -2.18. The molecule has 5 heteroatoms. The van der Waals surface area contributed by atoms with E-state index in [0.29, 0.717) is 17.3 Å². The summed E-state index contributed by atoms with van der Waals surface area (Å²) in [7, 11) is 1.75. The van der Waals surface area contributed by atoms with Gasteiger partial charge < -0.3 is 10.2 Å². The van der Waals surface area contributed by atoms with Crippen LogP contribution in [0.25, 0.3) is 0 Å². The summed E-state index contributed by atoms with van der Waals surface area (Å²) in [5.41, 5.74) is 4.57. The summed E-state index contributed by atoms with van der Waals surface area (Å²) in [6.07, 6.45) is 0.913. The summed E-state index contributed by atoms with van der Waals surface area (Å²) in [6, 6.07) is 17.4. The molecule has 5 nitrogen and oxygen atoms in total. The highest BCUT2D eigenvalue weighted by atomic mass is 16.2. The summed E-state index contributed by atoms with van der Waals surface area (Å²) in [6.45, 7) is 5.98. The van der Waals surface area contributed by atoms with Gasteiger partial charge in [0.05, 0.1) is 0 Å². The van der Waals surface area contributed by atoms with E-state index in [9.17, 15) is 4.79 Å². The summed E-state index contributed by atoms with van der Waals surface area (Å²) in [4.78, 5) is 23.3. The first-order valence-corrected chi connectivity index (χ1v) is 9.04. The number of nitrogens with one attached hydrogen (secondary N) is 1. The van der Waals surface area contributed by atoms with E-state index in [-0.39, 0.29) is 5.91 Å². The predicted molar refractivity (Wildman–Crippen MR) is 110 cm³/mol. The van der Waals surface area contributed by atoms with Crippen LogP contribution in [0.3, 0.4) is 0 Å². The number of rotatable bonds is 5. The summed E-state index contributed by atoms with van der Waals surface area (Å²) in [5.74, 6) is 1.00. The fourth-order valence-corrected chi connectivity index (χ4v) is 3.01. The Bertz CT molecular complexity index is 954. The Morgan fingerprint density at radius 2 is 1.78 bits per heavy atom. The summed E-state index contributed by atoms with van der Waals surface area (Å²) < 4.78 is 0. The average molecular weight is 360 g/mol. The Hall–Kier alpha value is -3.21. The highest BCUT2D eigenvalue weighted by Crippen LogP contribution is 2.25. The lowest BCUT2D eigenvalue weighted by molar-refractivity contribution is 0.0988. The molecule has 0 atom stereocenters. The Balaban J connectivity index is 1.92. The molecule has 0 aliphatic carbocycles. The number of benzene rings is 2. The predicted octanol–water partition coefficient (Wildman–Crippen LogP) is 4.68. The number of hydrogen-bond donors (Lipinski definition) is 1. The van der Waals surface area contributed by atoms with Gasteiger partial charge >= 0.3 is 0 Å². The molecule has 0 saturated heterocycles. The van der Waals surface area contributed by atoms with Crippen LogP contribution < -0.4 is 10.2 Å². The monoisotopic (exact) mass is 360 g/mol. The van der Waals surface area contributed by atoms with Crippen LogP contribution in [0.4, 0.5) is 17.2 Å². The third-order valence-corrected chi connectivity index (χ3v) is 4.50. The van der Waals surface area contributed by atoms with Crippen molar-refractivity contribution in [2.45, 2.75) is 27.2 Å². The highest BCUT2D eigenvalue weighted by Gasteiger charge is 2.17. The van der Waals surface area contributed by atoms with Gasteiger partial charge in [0, 0.05) is 24.5 Å². The SMILES string of the molecule is CCc1cccc(C)c1Nc1cc(C(=O)N(C)c2ccccc2)nc(C)n1. The molecule has 2 aromatic carbocycles. The van der Waals surface area contributed by atoms with Gasteiger partial charge in [0.1, 0.15) is 17.3 Å². The summed E-state index contributed by atoms with van der Waals surface area (Å²) >= 11 is 0. The zero-order valence-electron chi connectivity index (χ0n) is 16.2. The summed E-state index contributed by atoms with van der Waals surface area (Å²) in [5, 5.41) is 3.38. The van der Waals surface area contributed by atoms with E-state index in [1.807, 2.05) is 36.4 Å². The van der Waals surface area contributed by atoms with Crippen LogP contribution in [-0.4, -0.2) is 22.9 Å². The number of nitrogens with zero attached hydrogens (tertiary/aromatic N) is 3. The van der Waals surface area contributed by atoms with Crippen molar-refractivity contribution in [3.8, 4) is 0 Å². The largest absolute Gasteiger partial charge is 0.340 e. The van der Waals surface area contributed by atoms with Gasteiger partial charge in [-0.3, -0.25) is 4.79 Å². The molecule has 3 rings (SSSR count). The normalized spacial score (nSPS) is 10.5. The van der Waals surface area contributed by atoms with Crippen molar-refractivity contribution >= 4 is 23.1 Å². The topological polar surface area (TPSA) is 58.1 Å². The van der Waals surface area contributed by atoms with Crippen LogP contribution in [0.5, 0.6) is 0 Å². The van der Waals surface area contributed by atoms with E-state index >= 15 is 0 Å². The van der Waals surface area contributed by atoms with Crippen molar-refractivity contribution in [3.05, 3.63) is 77.2 Å². The minimum absolute atomic E-state index is 0.171. The molecule has 138 valence electrons. The minimum Gasteiger partial charge on any atom is -0.340 e. The maximum Gasteiger partial charge on any atom is 0.276 e. The second-order valence-electron chi connectivity index (χ2n) is 6.47. The van der Waals surface area contributed by atoms with Crippen LogP contribution >= 0.6 is 0 Å². The first-order chi connectivity index (χ1) is 13.0. The zero-order chi connectivity index (χ0) is 19.4. The van der Waals surface area contributed by atoms with E-state index in [4.69, 9.17) is 0 Å². The third kappa shape index (κ3) is 4.14. The van der Waals surface area contributed by atoms with Crippen molar-refractivity contribution in [1.29, 1.82) is 0 Å². The molecule has 0 aliphatic rings. The molecule has 1 aromatic heterocycles. The maximum atomic E-state index is 12.9. The van der Waals surface area contributed by atoms with Gasteiger partial charge in [0.25, 0.3) is 5.91 Å². The molecule has 0 saturated carbocycles. The van der Waals surface area contributed by atoms with E-state index in [0.717, 1.165) is 23.4 Å². The number of hydrogen-bond acceptors (Lipinski definition) is 4. The molecule has 1 heterocycles. The Labute approximate surface area is 160 Å². The van der Waals surface area contributed by atoms with Gasteiger partial charge in [-0.1, -0.05) is 43.3 Å². The molecule has 0 radical (unpaired) electrons. The van der Waals surface area contributed by atoms with Gasteiger partial charge in [-0.25, -0.2) is 9.97 Å². The number of para-hydroxylation sites is 2. The maximum absolute atomic E-state index is 12.9. The molecule has 0 unspecified atom stereocenters. The van der Waals surface area contributed by atoms with Gasteiger partial charge in [-0.05, 0) is 43.5 Å². The molecule has 1 amide bonds. The second-order valence-corrected chi connectivity index (χ2v) is 6.47. The minimum atomic E-state index is -0.171. The van der Waals surface area contributed by atoms with Crippen LogP contribution in [0.2, 0.25) is 0 Å². The number of amides is 1. The Kier molecular flexibility index (Phi) is 5.50. The molecule has 0 bridgehead atoms. The van der Waals surface area contributed by atoms with Crippen LogP contribution in [0.15, 0.2) is 54.6 Å². The van der Waals surface area contributed by atoms with Gasteiger partial charge in [-0.2, -0.15) is 0 Å². The number of carbonyl (C=O) groups is 1. The number of anilines is 3. The van der Waals surface area contributed by atoms with Crippen molar-refractivity contribution in [2.75, 3.05) is 17.3 Å². The fourth-order valence-electron chi connectivity index (χ4n) is 3.01. The smallest absolute Gasteiger partial charge is 0.276 e. The highest BCUT2D eigenvalue weighted by molar-refractivity contribution is 6.04. The Morgan fingerprint density at radius 1 is 1.04 bits per heavy atom. The Morgan fingerprint density at radius 3 is 2.48 bits per heavy atom. The van der Waals surface area contributed by atoms with Gasteiger partial charge in [-0.15, -0.1) is 0 Å². The molecule has 1 N–H and O–H groups in total. The number of carbonyl (C=O) groups excluding carboxylic acids is 1. The first-order valence-electron chi connectivity index (χ1n) is 9.04. The van der Waals surface area contributed by atoms with Crippen molar-refractivity contribution < 1.29 is 4.79 Å². The van der Waals surface area contributed by atoms with Crippen molar-refractivity contribution in [3.63, 3.8) is 0 Å². The lowest BCUT2D eigenvalue weighted by Crippen LogP contribution is -2.27. The van der Waals surface area contributed by atoms with Crippen LogP contribution in [-0.2, 0) is 6.42 Å². The molecule has 0 spiro atoms. The standard InChI is InChI=1S/C22H24N4O/c1-5-17-11-9-10-15(2)21(17)25-20-14-19(23-16(3)24-20)22(27)26(4)18-12-7-6-8-13-18/h6-14H,5H2,1-4H3,(H,23,24,25). The van der Waals surface area contributed by atoms with Crippen LogP contribution in [0, 0.1) is 13.8 Å². The zero-order valence-corrected chi connectivity index (χ0v) is 16.2. The third-order valence-electron chi connectivity index (χ3n) is 4.50. The van der Waals surface area contributed by atoms with E-state index < -0.39 is 0 Å². The van der Waals surface area contributed by atoms with Crippen molar-refractivity contribution in [2.24, 2.45) is 0 Å². The molecule has 0 aliphatic heterocycles. The lowest BCUT2D eigenvalue weighted by atomic mass is 10.1. The number of aryl methyl sites for hydroxylation is 3. The molecular weight excluding hydrogens is 336 g/mol. The quantitative estimate of drug-likeness (QED) is 0.718. The van der Waals surface area contributed by atoms with E-state index in [1.165, 1.54) is 5.56 Å². The van der Waals surface area contributed by atoms with E-state index in [2.05, 4.69) is 41.3 Å². The number of aromatic nitrogens is 2. The van der Waals surface area contributed by atoms with E-state index in [1.54, 1.807) is 24.9 Å². The molecule has 0 fully saturated rings. The second kappa shape index (κ2) is 7.99. The molecule has 3 aromatic rings. The average Bonchev–Trinajstić information content (AvgIpc) is 2.68. The molecule has 27 heavy (non-hydrogen) atoms. The fraction of sp³-hybridized carbons (Fsp3) is 0.227. The van der Waals surface area contributed by atoms with Crippen LogP contribution in [0.1, 0.15) is 34.4 Å². The first kappa shape index (κ1) is 18.6. The van der Waals surface area contributed by atoms with Gasteiger partial charge in [0.2, 0.25) is 0 Å².